The third-order valence-corrected chi connectivity index (χ3v) is 1.86. The Kier molecular flexibility index (Phi) is 3.60. The van der Waals surface area contributed by atoms with Gasteiger partial charge in [0.1, 0.15) is 5.75 Å². The van der Waals surface area contributed by atoms with Crippen LogP contribution in [0.25, 0.3) is 0 Å². The zero-order valence-electron chi connectivity index (χ0n) is 8.29. The topological polar surface area (TPSA) is 79.4 Å². The van der Waals surface area contributed by atoms with E-state index in [0.29, 0.717) is 6.07 Å². The molecule has 0 spiro atoms. The fraction of sp³-hybridized carbons (Fsp3) is 0.333. The lowest BCUT2D eigenvalue weighted by atomic mass is 10.1. The standard InChI is InChI=1S/C9H9F2NO4/c1-16-8-4(9(10)11)2-6(13)12-5(8)3-7(14)15/h2,9H,3H2,1H3,(H,12,13)(H,14,15). The molecule has 0 atom stereocenters. The summed E-state index contributed by atoms with van der Waals surface area (Å²) in [5, 5.41) is 8.54. The van der Waals surface area contributed by atoms with Gasteiger partial charge in [-0.2, -0.15) is 0 Å². The molecule has 0 unspecified atom stereocenters. The van der Waals surface area contributed by atoms with Crippen LogP contribution in [-0.2, 0) is 11.2 Å². The number of carboxylic acids is 1. The van der Waals surface area contributed by atoms with E-state index in [4.69, 9.17) is 5.11 Å². The van der Waals surface area contributed by atoms with Crippen molar-refractivity contribution in [2.45, 2.75) is 12.8 Å². The number of pyridine rings is 1. The van der Waals surface area contributed by atoms with E-state index in [2.05, 4.69) is 9.72 Å². The van der Waals surface area contributed by atoms with Crippen molar-refractivity contribution in [1.82, 2.24) is 4.98 Å². The third-order valence-electron chi connectivity index (χ3n) is 1.86. The predicted molar refractivity (Wildman–Crippen MR) is 49.9 cm³/mol. The number of carbonyl (C=O) groups is 1. The molecule has 0 bridgehead atoms. The first-order valence-electron chi connectivity index (χ1n) is 4.25. The van der Waals surface area contributed by atoms with Gasteiger partial charge < -0.3 is 14.8 Å². The number of alkyl halides is 2. The van der Waals surface area contributed by atoms with E-state index in [-0.39, 0.29) is 11.4 Å². The van der Waals surface area contributed by atoms with Gasteiger partial charge >= 0.3 is 5.97 Å². The van der Waals surface area contributed by atoms with E-state index in [1.54, 1.807) is 0 Å². The molecule has 0 aliphatic carbocycles. The maximum Gasteiger partial charge on any atom is 0.309 e. The molecule has 0 fully saturated rings. The fourth-order valence-electron chi connectivity index (χ4n) is 1.30. The lowest BCUT2D eigenvalue weighted by molar-refractivity contribution is -0.136. The van der Waals surface area contributed by atoms with Crippen LogP contribution in [0.2, 0.25) is 0 Å². The summed E-state index contributed by atoms with van der Waals surface area (Å²) in [7, 11) is 1.13. The van der Waals surface area contributed by atoms with Gasteiger partial charge in [0, 0.05) is 6.07 Å². The summed E-state index contributed by atoms with van der Waals surface area (Å²) in [4.78, 5) is 23.7. The van der Waals surface area contributed by atoms with Crippen molar-refractivity contribution in [1.29, 1.82) is 0 Å². The van der Waals surface area contributed by atoms with Gasteiger partial charge in [0.2, 0.25) is 5.56 Å². The summed E-state index contributed by atoms with van der Waals surface area (Å²) in [6.45, 7) is 0. The molecule has 0 amide bonds. The molecule has 0 aliphatic rings. The second-order valence-electron chi connectivity index (χ2n) is 2.97. The summed E-state index contributed by atoms with van der Waals surface area (Å²) < 4.78 is 29.7. The van der Waals surface area contributed by atoms with E-state index < -0.39 is 29.9 Å². The summed E-state index contributed by atoms with van der Waals surface area (Å²) in [6, 6.07) is 0.689. The normalized spacial score (nSPS) is 10.5. The van der Waals surface area contributed by atoms with Crippen LogP contribution in [0, 0.1) is 0 Å². The van der Waals surface area contributed by atoms with Crippen molar-refractivity contribution in [2.24, 2.45) is 0 Å². The largest absolute Gasteiger partial charge is 0.494 e. The lowest BCUT2D eigenvalue weighted by Crippen LogP contribution is -2.15. The van der Waals surface area contributed by atoms with E-state index in [9.17, 15) is 18.4 Å². The van der Waals surface area contributed by atoms with Gasteiger partial charge in [-0.25, -0.2) is 8.78 Å². The van der Waals surface area contributed by atoms with Crippen LogP contribution in [0.3, 0.4) is 0 Å². The zero-order chi connectivity index (χ0) is 12.3. The number of methoxy groups -OCH3 is 1. The van der Waals surface area contributed by atoms with E-state index in [1.807, 2.05) is 0 Å². The molecule has 0 saturated heterocycles. The van der Waals surface area contributed by atoms with Crippen molar-refractivity contribution in [3.63, 3.8) is 0 Å². The van der Waals surface area contributed by atoms with Gasteiger partial charge in [0.05, 0.1) is 24.8 Å². The van der Waals surface area contributed by atoms with E-state index in [1.165, 1.54) is 0 Å². The first-order valence-corrected chi connectivity index (χ1v) is 4.25. The number of halogens is 2. The number of hydrogen-bond acceptors (Lipinski definition) is 3. The maximum absolute atomic E-state index is 12.5. The molecule has 0 aromatic carbocycles. The number of ether oxygens (including phenoxy) is 1. The Labute approximate surface area is 88.7 Å². The molecule has 16 heavy (non-hydrogen) atoms. The predicted octanol–water partition coefficient (Wildman–Crippen LogP) is 0.948. The van der Waals surface area contributed by atoms with Crippen LogP contribution in [-0.4, -0.2) is 23.2 Å². The summed E-state index contributed by atoms with van der Waals surface area (Å²) in [5.41, 5.74) is -1.56. The minimum atomic E-state index is -2.90. The molecule has 5 nitrogen and oxygen atoms in total. The van der Waals surface area contributed by atoms with E-state index >= 15 is 0 Å². The lowest BCUT2D eigenvalue weighted by Gasteiger charge is -2.11. The second kappa shape index (κ2) is 4.73. The highest BCUT2D eigenvalue weighted by Crippen LogP contribution is 2.29. The minimum absolute atomic E-state index is 0.169. The molecule has 1 heterocycles. The minimum Gasteiger partial charge on any atom is -0.494 e. The van der Waals surface area contributed by atoms with Gasteiger partial charge in [0.15, 0.2) is 0 Å². The number of hydrogen-bond donors (Lipinski definition) is 2. The molecule has 0 radical (unpaired) electrons. The highest BCUT2D eigenvalue weighted by atomic mass is 19.3. The Morgan fingerprint density at radius 3 is 2.69 bits per heavy atom. The molecule has 1 rings (SSSR count). The van der Waals surface area contributed by atoms with Crippen LogP contribution in [0.1, 0.15) is 17.7 Å². The van der Waals surface area contributed by atoms with Gasteiger partial charge in [0.25, 0.3) is 6.43 Å². The van der Waals surface area contributed by atoms with Gasteiger partial charge in [-0.15, -0.1) is 0 Å². The average molecular weight is 233 g/mol. The van der Waals surface area contributed by atoms with Gasteiger partial charge in [-0.3, -0.25) is 9.59 Å². The van der Waals surface area contributed by atoms with Crippen molar-refractivity contribution in [3.8, 4) is 5.75 Å². The maximum atomic E-state index is 12.5. The quantitative estimate of drug-likeness (QED) is 0.811. The van der Waals surface area contributed by atoms with Crippen molar-refractivity contribution in [2.75, 3.05) is 7.11 Å². The fourth-order valence-corrected chi connectivity index (χ4v) is 1.30. The van der Waals surface area contributed by atoms with Crippen molar-refractivity contribution >= 4 is 5.97 Å². The molecular weight excluding hydrogens is 224 g/mol. The Balaban J connectivity index is 3.35. The Hall–Kier alpha value is -1.92. The molecule has 2 N–H and O–H groups in total. The smallest absolute Gasteiger partial charge is 0.309 e. The summed E-state index contributed by atoms with van der Waals surface area (Å²) in [5.74, 6) is -1.54. The third kappa shape index (κ3) is 2.56. The number of aromatic nitrogens is 1. The monoisotopic (exact) mass is 233 g/mol. The molecule has 1 aromatic heterocycles. The highest BCUT2D eigenvalue weighted by molar-refractivity contribution is 5.70. The van der Waals surface area contributed by atoms with Gasteiger partial charge in [-0.1, -0.05) is 0 Å². The Morgan fingerprint density at radius 1 is 1.62 bits per heavy atom. The van der Waals surface area contributed by atoms with E-state index in [0.717, 1.165) is 7.11 Å². The molecule has 88 valence electrons. The molecule has 0 aliphatic heterocycles. The second-order valence-corrected chi connectivity index (χ2v) is 2.97. The van der Waals surface area contributed by atoms with Gasteiger partial charge in [-0.05, 0) is 0 Å². The number of rotatable bonds is 4. The van der Waals surface area contributed by atoms with Crippen molar-refractivity contribution < 1.29 is 23.4 Å². The van der Waals surface area contributed by atoms with Crippen LogP contribution >= 0.6 is 0 Å². The molecular formula is C9H9F2NO4. The Bertz CT molecular complexity index is 455. The zero-order valence-corrected chi connectivity index (χ0v) is 8.29. The number of H-pyrrole nitrogens is 1. The van der Waals surface area contributed by atoms with Crippen LogP contribution in [0.4, 0.5) is 8.78 Å². The average Bonchev–Trinajstić information content (AvgIpc) is 2.15. The first-order chi connectivity index (χ1) is 7.45. The number of nitrogens with one attached hydrogen (secondary N) is 1. The summed E-state index contributed by atoms with van der Waals surface area (Å²) in [6.07, 6.45) is -3.48. The molecule has 1 aromatic rings. The molecule has 7 heteroatoms. The Morgan fingerprint density at radius 2 is 2.25 bits per heavy atom. The molecule has 0 saturated carbocycles. The van der Waals surface area contributed by atoms with Crippen LogP contribution in [0.5, 0.6) is 5.75 Å². The van der Waals surface area contributed by atoms with Crippen LogP contribution in [0.15, 0.2) is 10.9 Å². The summed E-state index contributed by atoms with van der Waals surface area (Å²) >= 11 is 0. The SMILES string of the molecule is COc1c(C(F)F)cc(=O)[nH]c1CC(=O)O. The number of carboxylic acid groups (broad SMARTS) is 1. The first kappa shape index (κ1) is 12.2. The van der Waals surface area contributed by atoms with Crippen LogP contribution < -0.4 is 10.3 Å². The number of aliphatic carboxylic acids is 1. The number of aromatic amines is 1. The highest BCUT2D eigenvalue weighted by Gasteiger charge is 2.20. The van der Waals surface area contributed by atoms with Crippen molar-refractivity contribution in [3.05, 3.63) is 27.7 Å².